The number of carboxylic acids is 1. The lowest BCUT2D eigenvalue weighted by molar-refractivity contribution is -0.140. The van der Waals surface area contributed by atoms with E-state index in [0.717, 1.165) is 0 Å². The normalized spacial score (nSPS) is 11.7. The molecule has 0 saturated heterocycles. The van der Waals surface area contributed by atoms with E-state index in [1.165, 1.54) is 12.1 Å². The van der Waals surface area contributed by atoms with Gasteiger partial charge in [0.25, 0.3) is 5.91 Å². The van der Waals surface area contributed by atoms with E-state index in [-0.39, 0.29) is 10.6 Å². The third kappa shape index (κ3) is 4.53. The molecule has 0 bridgehead atoms. The van der Waals surface area contributed by atoms with Gasteiger partial charge in [0.2, 0.25) is 5.91 Å². The standard InChI is InChI=1S/C11H10BrClN2O4/c12-5-1-2-6(7(13)3-5)10(17)15-8(11(18)19)4-9(14)16/h1-3,8H,4H2,(H2,14,16)(H,15,17)(H,18,19). The van der Waals surface area contributed by atoms with Gasteiger partial charge in [-0.25, -0.2) is 4.79 Å². The largest absolute Gasteiger partial charge is 0.480 e. The van der Waals surface area contributed by atoms with Gasteiger partial charge in [0.15, 0.2) is 0 Å². The van der Waals surface area contributed by atoms with E-state index in [4.69, 9.17) is 22.4 Å². The van der Waals surface area contributed by atoms with Crippen molar-refractivity contribution < 1.29 is 19.5 Å². The molecule has 102 valence electrons. The van der Waals surface area contributed by atoms with Gasteiger partial charge in [0, 0.05) is 4.47 Å². The van der Waals surface area contributed by atoms with Gasteiger partial charge in [-0.3, -0.25) is 9.59 Å². The van der Waals surface area contributed by atoms with Crippen molar-refractivity contribution in [2.45, 2.75) is 12.5 Å². The van der Waals surface area contributed by atoms with E-state index < -0.39 is 30.2 Å². The lowest BCUT2D eigenvalue weighted by atomic mass is 10.1. The van der Waals surface area contributed by atoms with Gasteiger partial charge < -0.3 is 16.2 Å². The smallest absolute Gasteiger partial charge is 0.326 e. The van der Waals surface area contributed by atoms with Crippen molar-refractivity contribution in [3.05, 3.63) is 33.3 Å². The molecule has 4 N–H and O–H groups in total. The molecule has 8 heteroatoms. The summed E-state index contributed by atoms with van der Waals surface area (Å²) in [5.41, 5.74) is 5.02. The number of carbonyl (C=O) groups excluding carboxylic acids is 2. The van der Waals surface area contributed by atoms with Crippen molar-refractivity contribution >= 4 is 45.3 Å². The number of carbonyl (C=O) groups is 3. The second-order valence-electron chi connectivity index (χ2n) is 3.66. The van der Waals surface area contributed by atoms with Gasteiger partial charge in [-0.1, -0.05) is 27.5 Å². The number of halogens is 2. The van der Waals surface area contributed by atoms with Gasteiger partial charge in [0.05, 0.1) is 17.0 Å². The molecule has 0 fully saturated rings. The number of primary amides is 1. The van der Waals surface area contributed by atoms with Gasteiger partial charge in [-0.05, 0) is 18.2 Å². The van der Waals surface area contributed by atoms with Crippen molar-refractivity contribution in [2.24, 2.45) is 5.73 Å². The highest BCUT2D eigenvalue weighted by molar-refractivity contribution is 9.10. The fourth-order valence-corrected chi connectivity index (χ4v) is 2.07. The lowest BCUT2D eigenvalue weighted by Crippen LogP contribution is -2.43. The van der Waals surface area contributed by atoms with Crippen LogP contribution in [-0.4, -0.2) is 28.9 Å². The number of hydrogen-bond donors (Lipinski definition) is 3. The molecular weight excluding hydrogens is 339 g/mol. The average Bonchev–Trinajstić information content (AvgIpc) is 2.26. The Morgan fingerprint density at radius 1 is 1.42 bits per heavy atom. The van der Waals surface area contributed by atoms with Crippen LogP contribution in [0.2, 0.25) is 5.02 Å². The fourth-order valence-electron chi connectivity index (χ4n) is 1.31. The third-order valence-electron chi connectivity index (χ3n) is 2.18. The Labute approximate surface area is 122 Å². The molecule has 0 aliphatic rings. The van der Waals surface area contributed by atoms with Gasteiger partial charge in [0.1, 0.15) is 6.04 Å². The van der Waals surface area contributed by atoms with E-state index in [9.17, 15) is 14.4 Å². The van der Waals surface area contributed by atoms with Crippen molar-refractivity contribution in [2.75, 3.05) is 0 Å². The second-order valence-corrected chi connectivity index (χ2v) is 4.98. The average molecular weight is 350 g/mol. The number of aliphatic carboxylic acids is 1. The summed E-state index contributed by atoms with van der Waals surface area (Å²) in [6.07, 6.45) is -0.491. The van der Waals surface area contributed by atoms with Crippen molar-refractivity contribution in [3.8, 4) is 0 Å². The summed E-state index contributed by atoms with van der Waals surface area (Å²) < 4.78 is 0.681. The number of nitrogens with two attached hydrogens (primary N) is 1. The highest BCUT2D eigenvalue weighted by Crippen LogP contribution is 2.21. The quantitative estimate of drug-likeness (QED) is 0.741. The van der Waals surface area contributed by atoms with Gasteiger partial charge >= 0.3 is 5.97 Å². The fraction of sp³-hybridized carbons (Fsp3) is 0.182. The highest BCUT2D eigenvalue weighted by Gasteiger charge is 2.23. The summed E-state index contributed by atoms with van der Waals surface area (Å²) in [6.45, 7) is 0. The molecule has 0 saturated carbocycles. The Morgan fingerprint density at radius 3 is 2.53 bits per heavy atom. The summed E-state index contributed by atoms with van der Waals surface area (Å²) >= 11 is 9.04. The highest BCUT2D eigenvalue weighted by atomic mass is 79.9. The summed E-state index contributed by atoms with van der Waals surface area (Å²) in [4.78, 5) is 33.4. The maximum absolute atomic E-state index is 11.8. The lowest BCUT2D eigenvalue weighted by Gasteiger charge is -2.13. The predicted molar refractivity (Wildman–Crippen MR) is 71.9 cm³/mol. The molecule has 0 radical (unpaired) electrons. The molecule has 0 aromatic heterocycles. The molecule has 1 rings (SSSR count). The minimum atomic E-state index is -1.38. The van der Waals surface area contributed by atoms with Crippen LogP contribution in [0.15, 0.2) is 22.7 Å². The van der Waals surface area contributed by atoms with Crippen LogP contribution in [-0.2, 0) is 9.59 Å². The SMILES string of the molecule is NC(=O)CC(NC(=O)c1ccc(Br)cc1Cl)C(=O)O. The molecule has 19 heavy (non-hydrogen) atoms. The summed E-state index contributed by atoms with van der Waals surface area (Å²) in [5.74, 6) is -2.86. The Balaban J connectivity index is 2.87. The molecule has 0 spiro atoms. The number of hydrogen-bond acceptors (Lipinski definition) is 3. The minimum absolute atomic E-state index is 0.112. The van der Waals surface area contributed by atoms with Crippen molar-refractivity contribution in [1.29, 1.82) is 0 Å². The number of nitrogens with one attached hydrogen (secondary N) is 1. The van der Waals surface area contributed by atoms with Crippen LogP contribution in [0, 0.1) is 0 Å². The molecule has 1 unspecified atom stereocenters. The number of carboxylic acid groups (broad SMARTS) is 1. The molecule has 1 aromatic rings. The summed E-state index contributed by atoms with van der Waals surface area (Å²) in [6, 6.07) is 3.14. The first kappa shape index (κ1) is 15.5. The Bertz CT molecular complexity index is 535. The third-order valence-corrected chi connectivity index (χ3v) is 2.99. The molecule has 0 aliphatic heterocycles. The summed E-state index contributed by atoms with van der Waals surface area (Å²) in [5, 5.41) is 11.2. The van der Waals surface area contributed by atoms with Gasteiger partial charge in [-0.2, -0.15) is 0 Å². The first-order chi connectivity index (χ1) is 8.81. The van der Waals surface area contributed by atoms with Crippen LogP contribution in [0.1, 0.15) is 16.8 Å². The van der Waals surface area contributed by atoms with E-state index in [1.54, 1.807) is 6.07 Å². The zero-order valence-corrected chi connectivity index (χ0v) is 11.9. The maximum Gasteiger partial charge on any atom is 0.326 e. The molecule has 6 nitrogen and oxygen atoms in total. The molecule has 0 aliphatic carbocycles. The topological polar surface area (TPSA) is 109 Å². The van der Waals surface area contributed by atoms with Crippen LogP contribution >= 0.6 is 27.5 Å². The van der Waals surface area contributed by atoms with E-state index in [0.29, 0.717) is 4.47 Å². The molecule has 1 atom stereocenters. The Hall–Kier alpha value is -1.60. The van der Waals surface area contributed by atoms with E-state index >= 15 is 0 Å². The monoisotopic (exact) mass is 348 g/mol. The van der Waals surface area contributed by atoms with Crippen LogP contribution in [0.5, 0.6) is 0 Å². The Kier molecular flexibility index (Phi) is 5.31. The molecule has 2 amide bonds. The summed E-state index contributed by atoms with van der Waals surface area (Å²) in [7, 11) is 0. The zero-order valence-electron chi connectivity index (χ0n) is 9.52. The molecular formula is C11H10BrClN2O4. The van der Waals surface area contributed by atoms with Crippen LogP contribution in [0.3, 0.4) is 0 Å². The van der Waals surface area contributed by atoms with E-state index in [1.807, 2.05) is 0 Å². The minimum Gasteiger partial charge on any atom is -0.480 e. The predicted octanol–water partition coefficient (Wildman–Crippen LogP) is 1.16. The first-order valence-corrected chi connectivity index (χ1v) is 6.25. The van der Waals surface area contributed by atoms with E-state index in [2.05, 4.69) is 21.2 Å². The first-order valence-electron chi connectivity index (χ1n) is 5.08. The second kappa shape index (κ2) is 6.53. The van der Waals surface area contributed by atoms with Gasteiger partial charge in [-0.15, -0.1) is 0 Å². The number of amides is 2. The van der Waals surface area contributed by atoms with Crippen LogP contribution in [0.4, 0.5) is 0 Å². The van der Waals surface area contributed by atoms with Crippen molar-refractivity contribution in [1.82, 2.24) is 5.32 Å². The van der Waals surface area contributed by atoms with Crippen LogP contribution in [0.25, 0.3) is 0 Å². The number of benzene rings is 1. The zero-order chi connectivity index (χ0) is 14.6. The maximum atomic E-state index is 11.8. The van der Waals surface area contributed by atoms with Crippen LogP contribution < -0.4 is 11.1 Å². The molecule has 0 heterocycles. The van der Waals surface area contributed by atoms with Crippen molar-refractivity contribution in [3.63, 3.8) is 0 Å². The number of rotatable bonds is 5. The Morgan fingerprint density at radius 2 is 2.05 bits per heavy atom. The molecule has 1 aromatic carbocycles.